The number of anilines is 1. The van der Waals surface area contributed by atoms with E-state index < -0.39 is 0 Å². The lowest BCUT2D eigenvalue weighted by molar-refractivity contribution is -0.122. The molecule has 1 amide bonds. The average Bonchev–Trinajstić information content (AvgIpc) is 3.08. The Labute approximate surface area is 129 Å². The lowest BCUT2D eigenvalue weighted by Crippen LogP contribution is -2.49. The van der Waals surface area contributed by atoms with Crippen molar-refractivity contribution < 1.29 is 9.21 Å². The Balaban J connectivity index is 1.41. The van der Waals surface area contributed by atoms with Crippen molar-refractivity contribution in [2.45, 2.75) is 6.54 Å². The summed E-state index contributed by atoms with van der Waals surface area (Å²) < 4.78 is 5.19. The summed E-state index contributed by atoms with van der Waals surface area (Å²) in [5.74, 6) is 1.81. The zero-order chi connectivity index (χ0) is 15.2. The van der Waals surface area contributed by atoms with Gasteiger partial charge in [-0.1, -0.05) is 6.07 Å². The fourth-order valence-electron chi connectivity index (χ4n) is 2.53. The number of nitrogens with one attached hydrogen (secondary N) is 1. The first kappa shape index (κ1) is 14.6. The minimum Gasteiger partial charge on any atom is -0.467 e. The number of nitrogens with zero attached hydrogens (tertiary/aromatic N) is 3. The zero-order valence-electron chi connectivity index (χ0n) is 12.4. The quantitative estimate of drug-likeness (QED) is 0.896. The highest BCUT2D eigenvalue weighted by atomic mass is 16.3. The number of hydrogen-bond acceptors (Lipinski definition) is 5. The SMILES string of the molecule is O=C(CN1CCN(c2ccccn2)CC1)NCc1ccco1. The molecule has 0 bridgehead atoms. The van der Waals surface area contributed by atoms with E-state index in [1.54, 1.807) is 6.26 Å². The molecule has 3 heterocycles. The molecule has 0 radical (unpaired) electrons. The molecule has 0 unspecified atom stereocenters. The Morgan fingerprint density at radius 2 is 2.05 bits per heavy atom. The summed E-state index contributed by atoms with van der Waals surface area (Å²) in [6.07, 6.45) is 3.42. The van der Waals surface area contributed by atoms with Gasteiger partial charge in [-0.3, -0.25) is 9.69 Å². The summed E-state index contributed by atoms with van der Waals surface area (Å²) >= 11 is 0. The van der Waals surface area contributed by atoms with Crippen LogP contribution in [0.1, 0.15) is 5.76 Å². The summed E-state index contributed by atoms with van der Waals surface area (Å²) in [5.41, 5.74) is 0. The molecule has 0 aromatic carbocycles. The Morgan fingerprint density at radius 3 is 2.73 bits per heavy atom. The lowest BCUT2D eigenvalue weighted by atomic mass is 10.3. The van der Waals surface area contributed by atoms with E-state index in [1.165, 1.54) is 0 Å². The van der Waals surface area contributed by atoms with Gasteiger partial charge in [-0.15, -0.1) is 0 Å². The van der Waals surface area contributed by atoms with Crippen LogP contribution in [0.4, 0.5) is 5.82 Å². The number of carbonyl (C=O) groups excluding carboxylic acids is 1. The van der Waals surface area contributed by atoms with Gasteiger partial charge in [0.2, 0.25) is 5.91 Å². The predicted molar refractivity (Wildman–Crippen MR) is 83.4 cm³/mol. The second-order valence-corrected chi connectivity index (χ2v) is 5.31. The molecule has 2 aromatic heterocycles. The molecule has 0 aliphatic carbocycles. The highest BCUT2D eigenvalue weighted by Crippen LogP contribution is 2.12. The van der Waals surface area contributed by atoms with Gasteiger partial charge in [0.05, 0.1) is 19.4 Å². The summed E-state index contributed by atoms with van der Waals surface area (Å²) in [5, 5.41) is 2.87. The fraction of sp³-hybridized carbons (Fsp3) is 0.375. The number of piperazine rings is 1. The van der Waals surface area contributed by atoms with Crippen LogP contribution in [0.5, 0.6) is 0 Å². The van der Waals surface area contributed by atoms with Crippen LogP contribution in [0.3, 0.4) is 0 Å². The maximum atomic E-state index is 11.9. The number of carbonyl (C=O) groups is 1. The molecule has 1 aliphatic heterocycles. The molecule has 6 nitrogen and oxygen atoms in total. The van der Waals surface area contributed by atoms with Gasteiger partial charge in [0.25, 0.3) is 0 Å². The van der Waals surface area contributed by atoms with Crippen LogP contribution in [0.25, 0.3) is 0 Å². The van der Waals surface area contributed by atoms with Gasteiger partial charge in [0, 0.05) is 32.4 Å². The monoisotopic (exact) mass is 300 g/mol. The van der Waals surface area contributed by atoms with E-state index in [9.17, 15) is 4.79 Å². The third-order valence-electron chi connectivity index (χ3n) is 3.75. The first-order valence-corrected chi connectivity index (χ1v) is 7.49. The molecule has 0 spiro atoms. The Hall–Kier alpha value is -2.34. The number of amides is 1. The molecule has 0 saturated carbocycles. The van der Waals surface area contributed by atoms with Crippen LogP contribution in [0.15, 0.2) is 47.2 Å². The third kappa shape index (κ3) is 3.85. The van der Waals surface area contributed by atoms with Crippen molar-refractivity contribution in [1.82, 2.24) is 15.2 Å². The Kier molecular flexibility index (Phi) is 4.70. The van der Waals surface area contributed by atoms with E-state index in [1.807, 2.05) is 36.5 Å². The van der Waals surface area contributed by atoms with Crippen LogP contribution in [-0.4, -0.2) is 48.5 Å². The van der Waals surface area contributed by atoms with Gasteiger partial charge in [0.15, 0.2) is 0 Å². The molecule has 1 saturated heterocycles. The predicted octanol–water partition coefficient (Wildman–Crippen LogP) is 1.11. The van der Waals surface area contributed by atoms with Gasteiger partial charge in [-0.2, -0.15) is 0 Å². The van der Waals surface area contributed by atoms with Gasteiger partial charge in [-0.05, 0) is 24.3 Å². The van der Waals surface area contributed by atoms with E-state index >= 15 is 0 Å². The van der Waals surface area contributed by atoms with Gasteiger partial charge in [-0.25, -0.2) is 4.98 Å². The second kappa shape index (κ2) is 7.09. The van der Waals surface area contributed by atoms with Crippen LogP contribution in [0, 0.1) is 0 Å². The molecule has 1 aliphatic rings. The smallest absolute Gasteiger partial charge is 0.234 e. The highest BCUT2D eigenvalue weighted by Gasteiger charge is 2.19. The molecule has 3 rings (SSSR count). The van der Waals surface area contributed by atoms with Crippen molar-refractivity contribution in [3.8, 4) is 0 Å². The summed E-state index contributed by atoms with van der Waals surface area (Å²) in [6.45, 7) is 4.39. The van der Waals surface area contributed by atoms with E-state index in [4.69, 9.17) is 4.42 Å². The molecule has 1 N–H and O–H groups in total. The van der Waals surface area contributed by atoms with E-state index in [0.717, 1.165) is 37.8 Å². The average molecular weight is 300 g/mol. The largest absolute Gasteiger partial charge is 0.467 e. The van der Waals surface area contributed by atoms with Crippen molar-refractivity contribution in [2.75, 3.05) is 37.6 Å². The Morgan fingerprint density at radius 1 is 1.18 bits per heavy atom. The van der Waals surface area contributed by atoms with Gasteiger partial charge < -0.3 is 14.6 Å². The number of rotatable bonds is 5. The highest BCUT2D eigenvalue weighted by molar-refractivity contribution is 5.78. The second-order valence-electron chi connectivity index (χ2n) is 5.31. The van der Waals surface area contributed by atoms with E-state index in [0.29, 0.717) is 13.1 Å². The molecule has 22 heavy (non-hydrogen) atoms. The molecule has 6 heteroatoms. The summed E-state index contributed by atoms with van der Waals surface area (Å²) in [4.78, 5) is 20.7. The van der Waals surface area contributed by atoms with Crippen LogP contribution >= 0.6 is 0 Å². The van der Waals surface area contributed by atoms with Crippen LogP contribution in [0.2, 0.25) is 0 Å². The zero-order valence-corrected chi connectivity index (χ0v) is 12.4. The van der Waals surface area contributed by atoms with Gasteiger partial charge >= 0.3 is 0 Å². The molecule has 2 aromatic rings. The molecule has 0 atom stereocenters. The maximum absolute atomic E-state index is 11.9. The molecular weight excluding hydrogens is 280 g/mol. The first-order chi connectivity index (χ1) is 10.8. The summed E-state index contributed by atoms with van der Waals surface area (Å²) in [7, 11) is 0. The van der Waals surface area contributed by atoms with Crippen molar-refractivity contribution in [2.24, 2.45) is 0 Å². The Bertz CT molecular complexity index is 577. The third-order valence-corrected chi connectivity index (χ3v) is 3.75. The number of furan rings is 1. The lowest BCUT2D eigenvalue weighted by Gasteiger charge is -2.34. The van der Waals surface area contributed by atoms with E-state index in [-0.39, 0.29) is 5.91 Å². The normalized spacial score (nSPS) is 15.7. The first-order valence-electron chi connectivity index (χ1n) is 7.49. The van der Waals surface area contributed by atoms with Crippen molar-refractivity contribution in [3.63, 3.8) is 0 Å². The molecular formula is C16H20N4O2. The van der Waals surface area contributed by atoms with Gasteiger partial charge in [0.1, 0.15) is 11.6 Å². The standard InChI is InChI=1S/C16H20N4O2/c21-16(18-12-14-4-3-11-22-14)13-19-7-9-20(10-8-19)15-5-1-2-6-17-15/h1-6,11H,7-10,12-13H2,(H,18,21). The molecule has 1 fully saturated rings. The van der Waals surface area contributed by atoms with E-state index in [2.05, 4.69) is 20.1 Å². The summed E-state index contributed by atoms with van der Waals surface area (Å²) in [6, 6.07) is 9.61. The van der Waals surface area contributed by atoms with Crippen molar-refractivity contribution in [3.05, 3.63) is 48.6 Å². The minimum atomic E-state index is 0.0303. The van der Waals surface area contributed by atoms with Crippen LogP contribution < -0.4 is 10.2 Å². The maximum Gasteiger partial charge on any atom is 0.234 e. The number of pyridine rings is 1. The van der Waals surface area contributed by atoms with Crippen molar-refractivity contribution >= 4 is 11.7 Å². The minimum absolute atomic E-state index is 0.0303. The molecule has 116 valence electrons. The number of aromatic nitrogens is 1. The topological polar surface area (TPSA) is 61.6 Å². The fourth-order valence-corrected chi connectivity index (χ4v) is 2.53. The van der Waals surface area contributed by atoms with Crippen LogP contribution in [-0.2, 0) is 11.3 Å². The van der Waals surface area contributed by atoms with Crippen molar-refractivity contribution in [1.29, 1.82) is 0 Å². The number of hydrogen-bond donors (Lipinski definition) is 1.